The molecular formula is C12H7ClF3N. The molecule has 0 radical (unpaired) electrons. The molecule has 0 atom stereocenters. The first-order chi connectivity index (χ1) is 7.93. The number of rotatable bonds is 1. The Bertz CT molecular complexity index is 590. The van der Waals surface area contributed by atoms with E-state index in [2.05, 4.69) is 11.6 Å². The maximum absolute atomic E-state index is 12.6. The molecule has 0 aliphatic rings. The summed E-state index contributed by atoms with van der Waals surface area (Å²) in [5, 5.41) is 0.159. The predicted octanol–water partition coefficient (Wildman–Crippen LogP) is 4.55. The van der Waals surface area contributed by atoms with Crippen LogP contribution in [0.3, 0.4) is 0 Å². The fourth-order valence-electron chi connectivity index (χ4n) is 1.56. The summed E-state index contributed by atoms with van der Waals surface area (Å²) >= 11 is 5.58. The molecule has 2 rings (SSSR count). The molecule has 0 unspecified atom stereocenters. The van der Waals surface area contributed by atoms with Gasteiger partial charge in [-0.15, -0.1) is 0 Å². The largest absolute Gasteiger partial charge is 0.434 e. The Morgan fingerprint density at radius 1 is 1.29 bits per heavy atom. The SMILES string of the molecule is C=Cc1cccc2cc(Cl)c(C(F)(F)F)nc12. The number of fused-ring (bicyclic) bond motifs is 1. The topological polar surface area (TPSA) is 12.9 Å². The van der Waals surface area contributed by atoms with Crippen LogP contribution in [0.2, 0.25) is 5.02 Å². The molecule has 2 aromatic rings. The van der Waals surface area contributed by atoms with Gasteiger partial charge in [0.25, 0.3) is 0 Å². The van der Waals surface area contributed by atoms with Crippen LogP contribution in [0.25, 0.3) is 17.0 Å². The van der Waals surface area contributed by atoms with E-state index in [9.17, 15) is 13.2 Å². The van der Waals surface area contributed by atoms with E-state index in [1.807, 2.05) is 0 Å². The number of alkyl halides is 3. The lowest BCUT2D eigenvalue weighted by Crippen LogP contribution is -2.09. The molecule has 17 heavy (non-hydrogen) atoms. The van der Waals surface area contributed by atoms with Gasteiger partial charge in [0.2, 0.25) is 0 Å². The van der Waals surface area contributed by atoms with Crippen LogP contribution < -0.4 is 0 Å². The maximum atomic E-state index is 12.6. The number of benzene rings is 1. The van der Waals surface area contributed by atoms with Gasteiger partial charge < -0.3 is 0 Å². The summed E-state index contributed by atoms with van der Waals surface area (Å²) in [5.74, 6) is 0. The van der Waals surface area contributed by atoms with Crippen LogP contribution in [-0.4, -0.2) is 4.98 Å². The maximum Gasteiger partial charge on any atom is 0.434 e. The van der Waals surface area contributed by atoms with Gasteiger partial charge in [-0.2, -0.15) is 13.2 Å². The number of pyridine rings is 1. The van der Waals surface area contributed by atoms with E-state index >= 15 is 0 Å². The van der Waals surface area contributed by atoms with Crippen LogP contribution in [0.15, 0.2) is 30.8 Å². The van der Waals surface area contributed by atoms with Crippen LogP contribution in [0.1, 0.15) is 11.3 Å². The number of hydrogen-bond acceptors (Lipinski definition) is 1. The highest BCUT2D eigenvalue weighted by atomic mass is 35.5. The molecule has 1 aromatic heterocycles. The zero-order chi connectivity index (χ0) is 12.6. The van der Waals surface area contributed by atoms with Crippen LogP contribution in [0, 0.1) is 0 Å². The van der Waals surface area contributed by atoms with Gasteiger partial charge in [-0.1, -0.05) is 42.5 Å². The Labute approximate surface area is 101 Å². The van der Waals surface area contributed by atoms with Crippen molar-refractivity contribution in [2.75, 3.05) is 0 Å². The lowest BCUT2D eigenvalue weighted by molar-refractivity contribution is -0.140. The molecule has 88 valence electrons. The van der Waals surface area contributed by atoms with Gasteiger partial charge in [0.1, 0.15) is 0 Å². The smallest absolute Gasteiger partial charge is 0.241 e. The molecule has 0 fully saturated rings. The Hall–Kier alpha value is -1.55. The number of para-hydroxylation sites is 1. The first-order valence-corrected chi connectivity index (χ1v) is 5.10. The fourth-order valence-corrected chi connectivity index (χ4v) is 1.83. The van der Waals surface area contributed by atoms with Crippen molar-refractivity contribution in [3.05, 3.63) is 47.1 Å². The third-order valence-corrected chi connectivity index (χ3v) is 2.61. The van der Waals surface area contributed by atoms with E-state index in [4.69, 9.17) is 11.6 Å². The van der Waals surface area contributed by atoms with Crippen LogP contribution in [0.5, 0.6) is 0 Å². The van der Waals surface area contributed by atoms with Crippen LogP contribution >= 0.6 is 11.6 Å². The highest BCUT2D eigenvalue weighted by Crippen LogP contribution is 2.35. The van der Waals surface area contributed by atoms with Gasteiger partial charge in [-0.05, 0) is 6.07 Å². The Morgan fingerprint density at radius 3 is 2.59 bits per heavy atom. The third-order valence-electron chi connectivity index (χ3n) is 2.32. The average molecular weight is 258 g/mol. The van der Waals surface area contributed by atoms with Crippen LogP contribution in [-0.2, 0) is 6.18 Å². The molecule has 0 saturated heterocycles. The van der Waals surface area contributed by atoms with E-state index in [1.54, 1.807) is 18.2 Å². The van der Waals surface area contributed by atoms with Gasteiger partial charge in [0.15, 0.2) is 5.69 Å². The molecule has 0 amide bonds. The van der Waals surface area contributed by atoms with Gasteiger partial charge >= 0.3 is 6.18 Å². The molecule has 1 aromatic carbocycles. The van der Waals surface area contributed by atoms with Crippen LogP contribution in [0.4, 0.5) is 13.2 Å². The summed E-state index contributed by atoms with van der Waals surface area (Å²) in [6.07, 6.45) is -3.09. The standard InChI is InChI=1S/C12H7ClF3N/c1-2-7-4-3-5-8-6-9(13)11(12(14,15)16)17-10(7)8/h2-6H,1H2. The molecular weight excluding hydrogens is 251 g/mol. The minimum atomic E-state index is -4.56. The highest BCUT2D eigenvalue weighted by molar-refractivity contribution is 6.32. The zero-order valence-corrected chi connectivity index (χ0v) is 9.31. The molecule has 1 heterocycles. The lowest BCUT2D eigenvalue weighted by Gasteiger charge is -2.10. The Kier molecular flexibility index (Phi) is 2.83. The number of nitrogens with zero attached hydrogens (tertiary/aromatic N) is 1. The normalized spacial score (nSPS) is 11.8. The fraction of sp³-hybridized carbons (Fsp3) is 0.0833. The molecule has 0 saturated carbocycles. The van der Waals surface area contributed by atoms with E-state index in [0.29, 0.717) is 10.9 Å². The first kappa shape index (κ1) is 11.9. The molecule has 0 aliphatic carbocycles. The number of halogens is 4. The van der Waals surface area contributed by atoms with E-state index in [0.717, 1.165) is 0 Å². The zero-order valence-electron chi connectivity index (χ0n) is 8.55. The third kappa shape index (κ3) is 2.13. The number of aromatic nitrogens is 1. The summed E-state index contributed by atoms with van der Waals surface area (Å²) < 4.78 is 37.9. The monoisotopic (exact) mass is 257 g/mol. The first-order valence-electron chi connectivity index (χ1n) is 4.72. The Morgan fingerprint density at radius 2 is 2.00 bits per heavy atom. The van der Waals surface area contributed by atoms with Crippen molar-refractivity contribution >= 4 is 28.6 Å². The second-order valence-electron chi connectivity index (χ2n) is 3.44. The molecule has 0 spiro atoms. The van der Waals surface area contributed by atoms with Crippen molar-refractivity contribution in [3.8, 4) is 0 Å². The van der Waals surface area contributed by atoms with Crippen molar-refractivity contribution in [1.82, 2.24) is 4.98 Å². The minimum Gasteiger partial charge on any atom is -0.241 e. The van der Waals surface area contributed by atoms with Gasteiger partial charge in [0.05, 0.1) is 10.5 Å². The quantitative estimate of drug-likeness (QED) is 0.730. The highest BCUT2D eigenvalue weighted by Gasteiger charge is 2.35. The van der Waals surface area contributed by atoms with Crippen molar-refractivity contribution in [2.24, 2.45) is 0 Å². The predicted molar refractivity (Wildman–Crippen MR) is 61.8 cm³/mol. The molecule has 0 bridgehead atoms. The van der Waals surface area contributed by atoms with Crippen molar-refractivity contribution in [3.63, 3.8) is 0 Å². The second-order valence-corrected chi connectivity index (χ2v) is 3.85. The summed E-state index contributed by atoms with van der Waals surface area (Å²) in [6.45, 7) is 3.54. The number of hydrogen-bond donors (Lipinski definition) is 0. The molecule has 1 nitrogen and oxygen atoms in total. The molecule has 5 heteroatoms. The summed E-state index contributed by atoms with van der Waals surface area (Å²) in [4.78, 5) is 3.59. The van der Waals surface area contributed by atoms with Gasteiger partial charge in [-0.25, -0.2) is 4.98 Å². The van der Waals surface area contributed by atoms with E-state index in [-0.39, 0.29) is 5.52 Å². The Balaban J connectivity index is 2.82. The van der Waals surface area contributed by atoms with E-state index < -0.39 is 16.9 Å². The lowest BCUT2D eigenvalue weighted by atomic mass is 10.1. The summed E-state index contributed by atoms with van der Waals surface area (Å²) in [5.41, 5.74) is -0.273. The second kappa shape index (κ2) is 4.04. The molecule has 0 N–H and O–H groups in total. The van der Waals surface area contributed by atoms with Gasteiger partial charge in [-0.3, -0.25) is 0 Å². The molecule has 0 aliphatic heterocycles. The van der Waals surface area contributed by atoms with Gasteiger partial charge in [0, 0.05) is 10.9 Å². The van der Waals surface area contributed by atoms with Crippen molar-refractivity contribution in [1.29, 1.82) is 0 Å². The van der Waals surface area contributed by atoms with Crippen molar-refractivity contribution < 1.29 is 13.2 Å². The summed E-state index contributed by atoms with van der Waals surface area (Å²) in [7, 11) is 0. The summed E-state index contributed by atoms with van der Waals surface area (Å²) in [6, 6.07) is 6.28. The minimum absolute atomic E-state index is 0.249. The average Bonchev–Trinajstić information content (AvgIpc) is 2.25. The van der Waals surface area contributed by atoms with Crippen molar-refractivity contribution in [2.45, 2.75) is 6.18 Å². The van der Waals surface area contributed by atoms with E-state index in [1.165, 1.54) is 12.1 Å².